The molecule has 1 saturated carbocycles. The Morgan fingerprint density at radius 1 is 0.789 bits per heavy atom. The highest BCUT2D eigenvalue weighted by atomic mass is 14.4. The molecule has 0 heteroatoms. The van der Waals surface area contributed by atoms with Crippen LogP contribution >= 0.6 is 0 Å². The van der Waals surface area contributed by atoms with Crippen molar-refractivity contribution in [2.75, 3.05) is 0 Å². The van der Waals surface area contributed by atoms with Crippen molar-refractivity contribution in [2.24, 2.45) is 23.7 Å². The van der Waals surface area contributed by atoms with Crippen LogP contribution in [0.3, 0.4) is 0 Å². The van der Waals surface area contributed by atoms with Gasteiger partial charge in [-0.3, -0.25) is 0 Å². The van der Waals surface area contributed by atoms with E-state index in [1.54, 1.807) is 0 Å². The summed E-state index contributed by atoms with van der Waals surface area (Å²) >= 11 is 0. The van der Waals surface area contributed by atoms with Gasteiger partial charge in [0.05, 0.1) is 0 Å². The highest BCUT2D eigenvalue weighted by molar-refractivity contribution is 4.81. The van der Waals surface area contributed by atoms with Crippen molar-refractivity contribution >= 4 is 0 Å². The zero-order valence-electron chi connectivity index (χ0n) is 14.1. The molecule has 0 aromatic heterocycles. The van der Waals surface area contributed by atoms with E-state index in [-0.39, 0.29) is 0 Å². The van der Waals surface area contributed by atoms with Gasteiger partial charge in [-0.2, -0.15) is 0 Å². The minimum Gasteiger partial charge on any atom is -0.0654 e. The third-order valence-corrected chi connectivity index (χ3v) is 5.48. The molecule has 4 unspecified atom stereocenters. The summed E-state index contributed by atoms with van der Waals surface area (Å²) in [5.74, 6) is 4.03. The molecule has 0 N–H and O–H groups in total. The van der Waals surface area contributed by atoms with Gasteiger partial charge >= 0.3 is 0 Å². The summed E-state index contributed by atoms with van der Waals surface area (Å²) in [6.45, 7) is 9.70. The second-order valence-corrected chi connectivity index (χ2v) is 7.31. The molecule has 0 heterocycles. The van der Waals surface area contributed by atoms with Gasteiger partial charge in [-0.25, -0.2) is 0 Å². The van der Waals surface area contributed by atoms with Gasteiger partial charge in [0.1, 0.15) is 0 Å². The average molecular weight is 267 g/mol. The number of unbranched alkanes of at least 4 members (excludes halogenated alkanes) is 4. The lowest BCUT2D eigenvalue weighted by Gasteiger charge is -2.30. The molecule has 0 amide bonds. The summed E-state index contributed by atoms with van der Waals surface area (Å²) in [6.07, 6.45) is 16.1. The van der Waals surface area contributed by atoms with Crippen molar-refractivity contribution in [3.63, 3.8) is 0 Å². The molecule has 1 aliphatic carbocycles. The Morgan fingerprint density at radius 3 is 2.21 bits per heavy atom. The number of hydrogen-bond donors (Lipinski definition) is 0. The molecule has 1 rings (SSSR count). The van der Waals surface area contributed by atoms with Crippen molar-refractivity contribution in [1.29, 1.82) is 0 Å². The number of hydrogen-bond acceptors (Lipinski definition) is 0. The van der Waals surface area contributed by atoms with E-state index < -0.39 is 0 Å². The smallest absolute Gasteiger partial charge is 0.0360 e. The normalized spacial score (nSPS) is 32.2. The predicted molar refractivity (Wildman–Crippen MR) is 87.4 cm³/mol. The molecular formula is C19H38. The van der Waals surface area contributed by atoms with Gasteiger partial charge in [0, 0.05) is 0 Å². The molecule has 1 aliphatic rings. The second-order valence-electron chi connectivity index (χ2n) is 7.31. The summed E-state index contributed by atoms with van der Waals surface area (Å²) in [5, 5.41) is 0. The van der Waals surface area contributed by atoms with Crippen LogP contribution in [0.5, 0.6) is 0 Å². The maximum absolute atomic E-state index is 2.54. The van der Waals surface area contributed by atoms with Crippen molar-refractivity contribution in [1.82, 2.24) is 0 Å². The lowest BCUT2D eigenvalue weighted by atomic mass is 9.75. The predicted octanol–water partition coefficient (Wildman–Crippen LogP) is 6.84. The Kier molecular flexibility index (Phi) is 8.83. The van der Waals surface area contributed by atoms with Gasteiger partial charge in [0.2, 0.25) is 0 Å². The van der Waals surface area contributed by atoms with Crippen LogP contribution in [-0.4, -0.2) is 0 Å². The monoisotopic (exact) mass is 266 g/mol. The summed E-state index contributed by atoms with van der Waals surface area (Å²) in [5.41, 5.74) is 0. The third-order valence-electron chi connectivity index (χ3n) is 5.48. The molecule has 0 radical (unpaired) electrons. The highest BCUT2D eigenvalue weighted by Gasteiger charge is 2.30. The molecule has 0 aromatic rings. The second kappa shape index (κ2) is 9.83. The lowest BCUT2D eigenvalue weighted by molar-refractivity contribution is 0.201. The van der Waals surface area contributed by atoms with Crippen LogP contribution in [0.2, 0.25) is 0 Å². The first kappa shape index (κ1) is 17.1. The Balaban J connectivity index is 2.51. The van der Waals surface area contributed by atoms with Gasteiger partial charge in [-0.15, -0.1) is 0 Å². The van der Waals surface area contributed by atoms with Crippen molar-refractivity contribution in [3.8, 4) is 0 Å². The molecule has 0 saturated heterocycles. The molecule has 0 aromatic carbocycles. The van der Waals surface area contributed by atoms with Crippen LogP contribution in [0.4, 0.5) is 0 Å². The summed E-state index contributed by atoms with van der Waals surface area (Å²) < 4.78 is 0. The Labute approximate surface area is 122 Å². The first-order chi connectivity index (χ1) is 9.19. The van der Waals surface area contributed by atoms with Crippen molar-refractivity contribution in [3.05, 3.63) is 0 Å². The van der Waals surface area contributed by atoms with Crippen LogP contribution in [0.1, 0.15) is 98.3 Å². The summed E-state index contributed by atoms with van der Waals surface area (Å²) in [6, 6.07) is 0. The van der Waals surface area contributed by atoms with E-state index in [1.165, 1.54) is 70.6 Å². The largest absolute Gasteiger partial charge is 0.0654 e. The maximum Gasteiger partial charge on any atom is -0.0360 e. The summed E-state index contributed by atoms with van der Waals surface area (Å²) in [4.78, 5) is 0. The van der Waals surface area contributed by atoms with E-state index in [1.807, 2.05) is 0 Å². The van der Waals surface area contributed by atoms with Crippen LogP contribution in [0, 0.1) is 23.7 Å². The zero-order valence-corrected chi connectivity index (χ0v) is 14.1. The van der Waals surface area contributed by atoms with Gasteiger partial charge in [-0.1, -0.05) is 85.5 Å². The molecule has 0 bridgehead atoms. The molecule has 0 aliphatic heterocycles. The third kappa shape index (κ3) is 6.32. The maximum atomic E-state index is 2.54. The van der Waals surface area contributed by atoms with Gasteiger partial charge < -0.3 is 0 Å². The first-order valence-corrected chi connectivity index (χ1v) is 9.19. The van der Waals surface area contributed by atoms with E-state index in [9.17, 15) is 0 Å². The van der Waals surface area contributed by atoms with Gasteiger partial charge in [0.15, 0.2) is 0 Å². The highest BCUT2D eigenvalue weighted by Crippen LogP contribution is 2.41. The first-order valence-electron chi connectivity index (χ1n) is 9.19. The van der Waals surface area contributed by atoms with Gasteiger partial charge in [-0.05, 0) is 36.5 Å². The molecule has 19 heavy (non-hydrogen) atoms. The van der Waals surface area contributed by atoms with Gasteiger partial charge in [0.25, 0.3) is 0 Å². The average Bonchev–Trinajstić information content (AvgIpc) is 2.53. The van der Waals surface area contributed by atoms with Crippen molar-refractivity contribution < 1.29 is 0 Å². The van der Waals surface area contributed by atoms with E-state index in [0.717, 1.165) is 23.7 Å². The Bertz CT molecular complexity index is 208. The fourth-order valence-electron chi connectivity index (χ4n) is 4.16. The Morgan fingerprint density at radius 2 is 1.53 bits per heavy atom. The minimum atomic E-state index is 0.977. The van der Waals surface area contributed by atoms with Crippen LogP contribution in [0.25, 0.3) is 0 Å². The number of rotatable bonds is 8. The molecule has 0 spiro atoms. The zero-order chi connectivity index (χ0) is 14.1. The minimum absolute atomic E-state index is 0.977. The standard InChI is InChI=1S/C19H38/c1-5-7-9-10-11-18-15-16(3)13-14-17(4)19(18)12-8-6-2/h16-19H,5-15H2,1-4H3. The van der Waals surface area contributed by atoms with E-state index in [4.69, 9.17) is 0 Å². The summed E-state index contributed by atoms with van der Waals surface area (Å²) in [7, 11) is 0. The van der Waals surface area contributed by atoms with Crippen LogP contribution in [-0.2, 0) is 0 Å². The molecule has 114 valence electrons. The molecule has 1 fully saturated rings. The van der Waals surface area contributed by atoms with E-state index in [2.05, 4.69) is 27.7 Å². The lowest BCUT2D eigenvalue weighted by Crippen LogP contribution is -2.21. The van der Waals surface area contributed by atoms with E-state index >= 15 is 0 Å². The SMILES string of the molecule is CCCCCCC1CC(C)CCC(C)C1CCCC. The van der Waals surface area contributed by atoms with Crippen LogP contribution in [0.15, 0.2) is 0 Å². The molecule has 4 atom stereocenters. The topological polar surface area (TPSA) is 0 Å². The fourth-order valence-corrected chi connectivity index (χ4v) is 4.16. The fraction of sp³-hybridized carbons (Fsp3) is 1.00. The quantitative estimate of drug-likeness (QED) is 0.333. The molecular weight excluding hydrogens is 228 g/mol. The van der Waals surface area contributed by atoms with E-state index in [0.29, 0.717) is 0 Å². The van der Waals surface area contributed by atoms with Crippen molar-refractivity contribution in [2.45, 2.75) is 98.3 Å². The van der Waals surface area contributed by atoms with Crippen LogP contribution < -0.4 is 0 Å². The Hall–Kier alpha value is 0. The molecule has 0 nitrogen and oxygen atoms in total.